The first-order chi connectivity index (χ1) is 8.38. The van der Waals surface area contributed by atoms with E-state index in [1.165, 1.54) is 0 Å². The summed E-state index contributed by atoms with van der Waals surface area (Å²) in [5.74, 6) is 0. The quantitative estimate of drug-likeness (QED) is 0.698. The summed E-state index contributed by atoms with van der Waals surface area (Å²) in [5, 5.41) is 15.5. The van der Waals surface area contributed by atoms with E-state index < -0.39 is 22.2 Å². The van der Waals surface area contributed by atoms with E-state index in [4.69, 9.17) is 9.84 Å². The minimum atomic E-state index is -3.72. The van der Waals surface area contributed by atoms with Gasteiger partial charge >= 0.3 is 0 Å². The predicted molar refractivity (Wildman–Crippen MR) is 63.4 cm³/mol. The molecule has 0 aromatic carbocycles. The minimum Gasteiger partial charge on any atom is -0.390 e. The Balaban J connectivity index is 2.33. The van der Waals surface area contributed by atoms with Gasteiger partial charge in [-0.3, -0.25) is 5.10 Å². The Morgan fingerprint density at radius 1 is 1.61 bits per heavy atom. The maximum absolute atomic E-state index is 12.3. The summed E-state index contributed by atoms with van der Waals surface area (Å²) in [6.45, 7) is 3.86. The first-order valence-electron chi connectivity index (χ1n) is 5.64. The van der Waals surface area contributed by atoms with E-state index in [2.05, 4.69) is 14.9 Å². The number of nitrogens with zero attached hydrogens (tertiary/aromatic N) is 1. The predicted octanol–water partition coefficient (Wildman–Crippen LogP) is -0.332. The fourth-order valence-electron chi connectivity index (χ4n) is 2.06. The van der Waals surface area contributed by atoms with Gasteiger partial charge in [0.1, 0.15) is 10.6 Å². The fraction of sp³-hybridized carbons (Fsp3) is 0.700. The molecule has 102 valence electrons. The van der Waals surface area contributed by atoms with Crippen LogP contribution in [0.1, 0.15) is 24.7 Å². The number of aromatic amines is 1. The van der Waals surface area contributed by atoms with Crippen LogP contribution < -0.4 is 4.72 Å². The van der Waals surface area contributed by atoms with Crippen molar-refractivity contribution in [2.45, 2.75) is 37.3 Å². The topological polar surface area (TPSA) is 104 Å². The van der Waals surface area contributed by atoms with Crippen LogP contribution in [0.5, 0.6) is 0 Å². The number of hydrogen-bond donors (Lipinski definition) is 3. The number of aliphatic hydroxyl groups excluding tert-OH is 1. The second-order valence-corrected chi connectivity index (χ2v) is 6.37. The summed E-state index contributed by atoms with van der Waals surface area (Å²) in [7, 11) is -3.72. The van der Waals surface area contributed by atoms with Crippen molar-refractivity contribution in [2.75, 3.05) is 13.2 Å². The van der Waals surface area contributed by atoms with Crippen LogP contribution in [0.4, 0.5) is 0 Å². The van der Waals surface area contributed by atoms with E-state index in [0.717, 1.165) is 0 Å². The Morgan fingerprint density at radius 3 is 2.89 bits per heavy atom. The maximum Gasteiger partial charge on any atom is 0.244 e. The van der Waals surface area contributed by atoms with Gasteiger partial charge in [0.2, 0.25) is 10.0 Å². The van der Waals surface area contributed by atoms with Crippen molar-refractivity contribution in [1.82, 2.24) is 14.9 Å². The standard InChI is InChI=1S/C10H17N3O4S/c1-7-9(8(5-14)12-11-7)18(15,16)13-10(2)3-4-17-6-10/h13-14H,3-6H2,1-2H3,(H,11,12). The molecule has 1 aromatic rings. The van der Waals surface area contributed by atoms with Crippen LogP contribution in [0, 0.1) is 6.92 Å². The van der Waals surface area contributed by atoms with E-state index in [9.17, 15) is 8.42 Å². The molecule has 0 amide bonds. The Morgan fingerprint density at radius 2 is 2.33 bits per heavy atom. The molecule has 2 heterocycles. The molecule has 0 aliphatic carbocycles. The van der Waals surface area contributed by atoms with Crippen molar-refractivity contribution in [2.24, 2.45) is 0 Å². The molecular weight excluding hydrogens is 258 g/mol. The summed E-state index contributed by atoms with van der Waals surface area (Å²) < 4.78 is 32.5. The average molecular weight is 275 g/mol. The summed E-state index contributed by atoms with van der Waals surface area (Å²) >= 11 is 0. The minimum absolute atomic E-state index is 0.0260. The number of sulfonamides is 1. The zero-order valence-electron chi connectivity index (χ0n) is 10.4. The first-order valence-corrected chi connectivity index (χ1v) is 7.13. The van der Waals surface area contributed by atoms with Gasteiger partial charge < -0.3 is 9.84 Å². The summed E-state index contributed by atoms with van der Waals surface area (Å²) in [6.07, 6.45) is 0.623. The zero-order valence-corrected chi connectivity index (χ0v) is 11.2. The van der Waals surface area contributed by atoms with Crippen LogP contribution in [-0.4, -0.2) is 42.5 Å². The number of ether oxygens (including phenoxy) is 1. The molecule has 0 radical (unpaired) electrons. The SMILES string of the molecule is Cc1[nH]nc(CO)c1S(=O)(=O)NC1(C)CCOC1. The highest BCUT2D eigenvalue weighted by Crippen LogP contribution is 2.24. The van der Waals surface area contributed by atoms with Gasteiger partial charge in [-0.2, -0.15) is 5.10 Å². The Hall–Kier alpha value is -0.960. The lowest BCUT2D eigenvalue weighted by atomic mass is 10.0. The van der Waals surface area contributed by atoms with Crippen molar-refractivity contribution < 1.29 is 18.3 Å². The van der Waals surface area contributed by atoms with Gasteiger partial charge in [-0.15, -0.1) is 0 Å². The van der Waals surface area contributed by atoms with Crippen molar-refractivity contribution in [3.05, 3.63) is 11.4 Å². The van der Waals surface area contributed by atoms with E-state index in [1.807, 2.05) is 0 Å². The highest BCUT2D eigenvalue weighted by atomic mass is 32.2. The molecule has 7 nitrogen and oxygen atoms in total. The third kappa shape index (κ3) is 2.41. The molecule has 3 N–H and O–H groups in total. The number of aromatic nitrogens is 2. The fourth-order valence-corrected chi connectivity index (χ4v) is 3.84. The maximum atomic E-state index is 12.3. The van der Waals surface area contributed by atoms with Crippen LogP contribution in [0.2, 0.25) is 0 Å². The Bertz CT molecular complexity index is 531. The number of hydrogen-bond acceptors (Lipinski definition) is 5. The summed E-state index contributed by atoms with van der Waals surface area (Å²) in [4.78, 5) is 0.0260. The smallest absolute Gasteiger partial charge is 0.244 e. The third-order valence-corrected chi connectivity index (χ3v) is 4.82. The van der Waals surface area contributed by atoms with Gasteiger partial charge in [0.05, 0.1) is 24.4 Å². The van der Waals surface area contributed by atoms with Crippen LogP contribution in [0.3, 0.4) is 0 Å². The second-order valence-electron chi connectivity index (χ2n) is 4.75. The number of rotatable bonds is 4. The number of aryl methyl sites for hydroxylation is 1. The van der Waals surface area contributed by atoms with Crippen LogP contribution in [0.15, 0.2) is 4.90 Å². The molecular formula is C10H17N3O4S. The first kappa shape index (κ1) is 13.5. The van der Waals surface area contributed by atoms with Gasteiger partial charge in [-0.25, -0.2) is 13.1 Å². The molecule has 0 spiro atoms. The normalized spacial score (nSPS) is 24.6. The highest BCUT2D eigenvalue weighted by Gasteiger charge is 2.36. The molecule has 2 rings (SSSR count). The monoisotopic (exact) mass is 275 g/mol. The van der Waals surface area contributed by atoms with Crippen LogP contribution in [-0.2, 0) is 21.4 Å². The third-order valence-electron chi connectivity index (χ3n) is 2.98. The molecule has 0 bridgehead atoms. The van der Waals surface area contributed by atoms with E-state index in [1.54, 1.807) is 13.8 Å². The lowest BCUT2D eigenvalue weighted by Gasteiger charge is -2.23. The largest absolute Gasteiger partial charge is 0.390 e. The molecule has 1 saturated heterocycles. The van der Waals surface area contributed by atoms with Crippen molar-refractivity contribution in [3.63, 3.8) is 0 Å². The molecule has 1 aliphatic rings. The van der Waals surface area contributed by atoms with Gasteiger partial charge in [-0.05, 0) is 20.3 Å². The molecule has 18 heavy (non-hydrogen) atoms. The van der Waals surface area contributed by atoms with E-state index in [-0.39, 0.29) is 10.6 Å². The van der Waals surface area contributed by atoms with Crippen molar-refractivity contribution in [3.8, 4) is 0 Å². The van der Waals surface area contributed by atoms with Crippen molar-refractivity contribution >= 4 is 10.0 Å². The van der Waals surface area contributed by atoms with Gasteiger partial charge in [0.15, 0.2) is 0 Å². The van der Waals surface area contributed by atoms with Gasteiger partial charge in [0.25, 0.3) is 0 Å². The van der Waals surface area contributed by atoms with Crippen molar-refractivity contribution in [1.29, 1.82) is 0 Å². The highest BCUT2D eigenvalue weighted by molar-refractivity contribution is 7.89. The molecule has 1 aliphatic heterocycles. The van der Waals surface area contributed by atoms with Gasteiger partial charge in [-0.1, -0.05) is 0 Å². The van der Waals surface area contributed by atoms with E-state index in [0.29, 0.717) is 25.3 Å². The van der Waals surface area contributed by atoms with E-state index >= 15 is 0 Å². The van der Waals surface area contributed by atoms with Crippen LogP contribution >= 0.6 is 0 Å². The van der Waals surface area contributed by atoms with Gasteiger partial charge in [0, 0.05) is 6.61 Å². The Kier molecular flexibility index (Phi) is 3.45. The molecule has 1 fully saturated rings. The molecule has 1 aromatic heterocycles. The summed E-state index contributed by atoms with van der Waals surface area (Å²) in [5.41, 5.74) is -0.0634. The molecule has 1 unspecified atom stereocenters. The number of H-pyrrole nitrogens is 1. The van der Waals surface area contributed by atoms with Crippen LogP contribution in [0.25, 0.3) is 0 Å². The number of aliphatic hydroxyl groups is 1. The Labute approximate surface area is 106 Å². The zero-order chi connectivity index (χ0) is 13.4. The average Bonchev–Trinajstić information content (AvgIpc) is 2.84. The lowest BCUT2D eigenvalue weighted by molar-refractivity contribution is 0.178. The second kappa shape index (κ2) is 4.61. The molecule has 0 saturated carbocycles. The summed E-state index contributed by atoms with van der Waals surface area (Å²) in [6, 6.07) is 0. The lowest BCUT2D eigenvalue weighted by Crippen LogP contribution is -2.46. The number of nitrogens with one attached hydrogen (secondary N) is 2. The molecule has 8 heteroatoms. The molecule has 1 atom stereocenters.